The van der Waals surface area contributed by atoms with Gasteiger partial charge in [-0.25, -0.2) is 0 Å². The van der Waals surface area contributed by atoms with Crippen molar-refractivity contribution in [2.24, 2.45) is 5.92 Å². The molecule has 1 aliphatic rings. The van der Waals surface area contributed by atoms with E-state index >= 15 is 0 Å². The Labute approximate surface area is 149 Å². The number of benzene rings is 1. The van der Waals surface area contributed by atoms with E-state index in [1.165, 1.54) is 9.87 Å². The highest BCUT2D eigenvalue weighted by molar-refractivity contribution is 7.87. The van der Waals surface area contributed by atoms with E-state index in [0.717, 1.165) is 17.3 Å². The van der Waals surface area contributed by atoms with Crippen LogP contribution in [0.15, 0.2) is 36.5 Å². The van der Waals surface area contributed by atoms with Crippen LogP contribution in [0.4, 0.5) is 0 Å². The van der Waals surface area contributed by atoms with Gasteiger partial charge in [0.15, 0.2) is 0 Å². The molecule has 2 unspecified atom stereocenters. The topological polar surface area (TPSA) is 71.5 Å². The summed E-state index contributed by atoms with van der Waals surface area (Å²) in [5.41, 5.74) is 2.13. The molecule has 0 amide bonds. The van der Waals surface area contributed by atoms with Crippen LogP contribution in [0, 0.1) is 5.92 Å². The molecular weight excluding hydrogens is 338 g/mol. The maximum absolute atomic E-state index is 12.5. The van der Waals surface area contributed by atoms with Crippen molar-refractivity contribution in [1.29, 1.82) is 0 Å². The second-order valence-electron chi connectivity index (χ2n) is 6.30. The molecule has 0 radical (unpaired) electrons. The highest BCUT2D eigenvalue weighted by Crippen LogP contribution is 2.24. The van der Waals surface area contributed by atoms with E-state index < -0.39 is 10.2 Å². The van der Waals surface area contributed by atoms with Gasteiger partial charge in [0.2, 0.25) is 0 Å². The van der Waals surface area contributed by atoms with Crippen LogP contribution in [0.2, 0.25) is 0 Å². The molecule has 0 aliphatic carbocycles. The van der Waals surface area contributed by atoms with E-state index in [4.69, 9.17) is 4.74 Å². The monoisotopic (exact) mass is 363 g/mol. The van der Waals surface area contributed by atoms with Crippen LogP contribution >= 0.6 is 0 Å². The molecule has 1 aliphatic heterocycles. The molecule has 1 N–H and O–H groups in total. The number of para-hydroxylation sites is 1. The maximum Gasteiger partial charge on any atom is 0.279 e. The number of ether oxygens (including phenoxy) is 1. The summed E-state index contributed by atoms with van der Waals surface area (Å²) >= 11 is 0. The maximum atomic E-state index is 12.5. The Kier molecular flexibility index (Phi) is 5.68. The van der Waals surface area contributed by atoms with Gasteiger partial charge in [-0.2, -0.15) is 17.4 Å². The fourth-order valence-corrected chi connectivity index (χ4v) is 4.85. The standard InChI is InChI=1S/C18H25N3O3S/c1-3-21(4-2)25(22,23)20-18-13-24-12-15(18)11-14-9-10-19-17-8-6-5-7-16(14)17/h5-10,15,18,20H,3-4,11-13H2,1-2H3. The molecule has 6 nitrogen and oxygen atoms in total. The lowest BCUT2D eigenvalue weighted by molar-refractivity contribution is 0.183. The molecule has 7 heteroatoms. The molecule has 2 atom stereocenters. The van der Waals surface area contributed by atoms with Gasteiger partial charge < -0.3 is 4.74 Å². The van der Waals surface area contributed by atoms with E-state index in [0.29, 0.717) is 26.3 Å². The number of nitrogens with one attached hydrogen (secondary N) is 1. The van der Waals surface area contributed by atoms with Gasteiger partial charge in [0.25, 0.3) is 10.2 Å². The Morgan fingerprint density at radius 3 is 2.72 bits per heavy atom. The van der Waals surface area contributed by atoms with Crippen molar-refractivity contribution in [2.75, 3.05) is 26.3 Å². The zero-order valence-corrected chi connectivity index (χ0v) is 15.5. The zero-order valence-electron chi connectivity index (χ0n) is 14.7. The lowest BCUT2D eigenvalue weighted by atomic mass is 9.93. The average Bonchev–Trinajstić information content (AvgIpc) is 3.02. The normalized spacial score (nSPS) is 21.2. The van der Waals surface area contributed by atoms with Crippen LogP contribution < -0.4 is 4.72 Å². The Bertz CT molecular complexity index is 816. The van der Waals surface area contributed by atoms with E-state index in [1.807, 2.05) is 44.3 Å². The largest absolute Gasteiger partial charge is 0.379 e. The third-order valence-electron chi connectivity index (χ3n) is 4.77. The number of aromatic nitrogens is 1. The first-order valence-electron chi connectivity index (χ1n) is 8.73. The summed E-state index contributed by atoms with van der Waals surface area (Å²) in [7, 11) is -3.48. The summed E-state index contributed by atoms with van der Waals surface area (Å²) in [5, 5.41) is 1.11. The first-order valence-corrected chi connectivity index (χ1v) is 10.2. The summed E-state index contributed by atoms with van der Waals surface area (Å²) in [6.45, 7) is 5.57. The SMILES string of the molecule is CCN(CC)S(=O)(=O)NC1COCC1Cc1ccnc2ccccc12. The first kappa shape index (κ1) is 18.3. The van der Waals surface area contributed by atoms with Crippen molar-refractivity contribution in [3.63, 3.8) is 0 Å². The van der Waals surface area contributed by atoms with E-state index in [-0.39, 0.29) is 12.0 Å². The van der Waals surface area contributed by atoms with Gasteiger partial charge in [0, 0.05) is 30.6 Å². The summed E-state index contributed by atoms with van der Waals surface area (Å²) in [4.78, 5) is 4.39. The van der Waals surface area contributed by atoms with Crippen molar-refractivity contribution in [3.05, 3.63) is 42.1 Å². The van der Waals surface area contributed by atoms with Crippen LogP contribution in [0.5, 0.6) is 0 Å². The third kappa shape index (κ3) is 4.00. The molecule has 2 aromatic rings. The van der Waals surface area contributed by atoms with Gasteiger partial charge in [-0.3, -0.25) is 4.98 Å². The number of nitrogens with zero attached hydrogens (tertiary/aromatic N) is 2. The molecule has 25 heavy (non-hydrogen) atoms. The fourth-order valence-electron chi connectivity index (χ4n) is 3.37. The summed E-state index contributed by atoms with van der Waals surface area (Å²) in [6, 6.07) is 9.82. The molecule has 1 aromatic heterocycles. The van der Waals surface area contributed by atoms with Gasteiger partial charge in [0.05, 0.1) is 24.8 Å². The molecule has 136 valence electrons. The summed E-state index contributed by atoms with van der Waals surface area (Å²) in [5.74, 6) is 0.108. The van der Waals surface area contributed by atoms with Gasteiger partial charge >= 0.3 is 0 Å². The molecule has 0 spiro atoms. The van der Waals surface area contributed by atoms with Crippen LogP contribution in [-0.4, -0.2) is 50.1 Å². The number of hydrogen-bond acceptors (Lipinski definition) is 4. The second kappa shape index (κ2) is 7.78. The molecule has 1 saturated heterocycles. The predicted molar refractivity (Wildman–Crippen MR) is 98.5 cm³/mol. The Balaban J connectivity index is 1.78. The van der Waals surface area contributed by atoms with Crippen LogP contribution in [0.3, 0.4) is 0 Å². The predicted octanol–water partition coefficient (Wildman–Crippen LogP) is 1.97. The van der Waals surface area contributed by atoms with Crippen LogP contribution in [0.1, 0.15) is 19.4 Å². The lowest BCUT2D eigenvalue weighted by Crippen LogP contribution is -2.48. The quantitative estimate of drug-likeness (QED) is 0.816. The van der Waals surface area contributed by atoms with E-state index in [9.17, 15) is 8.42 Å². The number of pyridine rings is 1. The molecular formula is C18H25N3O3S. The number of fused-ring (bicyclic) bond motifs is 1. The van der Waals surface area contributed by atoms with Crippen LogP contribution in [-0.2, 0) is 21.4 Å². The number of hydrogen-bond donors (Lipinski definition) is 1. The highest BCUT2D eigenvalue weighted by atomic mass is 32.2. The van der Waals surface area contributed by atoms with Crippen molar-refractivity contribution in [1.82, 2.24) is 14.0 Å². The molecule has 1 aromatic carbocycles. The fraction of sp³-hybridized carbons (Fsp3) is 0.500. The van der Waals surface area contributed by atoms with Crippen molar-refractivity contribution >= 4 is 21.1 Å². The Morgan fingerprint density at radius 2 is 1.96 bits per heavy atom. The second-order valence-corrected chi connectivity index (χ2v) is 8.00. The zero-order chi connectivity index (χ0) is 17.9. The van der Waals surface area contributed by atoms with E-state index in [2.05, 4.69) is 15.8 Å². The Hall–Kier alpha value is -1.54. The van der Waals surface area contributed by atoms with Crippen molar-refractivity contribution in [3.8, 4) is 0 Å². The third-order valence-corrected chi connectivity index (χ3v) is 6.56. The smallest absolute Gasteiger partial charge is 0.279 e. The van der Waals surface area contributed by atoms with Gasteiger partial charge in [-0.05, 0) is 24.1 Å². The Morgan fingerprint density at radius 1 is 1.20 bits per heavy atom. The van der Waals surface area contributed by atoms with Crippen molar-refractivity contribution in [2.45, 2.75) is 26.3 Å². The first-order chi connectivity index (χ1) is 12.0. The molecule has 3 rings (SSSR count). The van der Waals surface area contributed by atoms with Gasteiger partial charge in [-0.1, -0.05) is 32.0 Å². The molecule has 0 saturated carbocycles. The van der Waals surface area contributed by atoms with E-state index in [1.54, 1.807) is 0 Å². The van der Waals surface area contributed by atoms with Crippen molar-refractivity contribution < 1.29 is 13.2 Å². The molecule has 1 fully saturated rings. The minimum absolute atomic E-state index is 0.108. The molecule has 2 heterocycles. The lowest BCUT2D eigenvalue weighted by Gasteiger charge is -2.24. The minimum Gasteiger partial charge on any atom is -0.379 e. The highest BCUT2D eigenvalue weighted by Gasteiger charge is 2.33. The van der Waals surface area contributed by atoms with Gasteiger partial charge in [0.1, 0.15) is 0 Å². The summed E-state index contributed by atoms with van der Waals surface area (Å²) in [6.07, 6.45) is 2.57. The number of rotatable bonds is 7. The molecule has 0 bridgehead atoms. The van der Waals surface area contributed by atoms with Crippen LogP contribution in [0.25, 0.3) is 10.9 Å². The average molecular weight is 363 g/mol. The van der Waals surface area contributed by atoms with Gasteiger partial charge in [-0.15, -0.1) is 0 Å². The summed E-state index contributed by atoms with van der Waals surface area (Å²) < 4.78 is 34.9. The minimum atomic E-state index is -3.48.